The molecular weight excluding hydrogens is 196 g/mol. The fourth-order valence-electron chi connectivity index (χ4n) is 1.69. The van der Waals surface area contributed by atoms with Crippen LogP contribution in [-0.4, -0.2) is 38.1 Å². The summed E-state index contributed by atoms with van der Waals surface area (Å²) in [6.07, 6.45) is 1.51. The first-order chi connectivity index (χ1) is 7.13. The average molecular weight is 214 g/mol. The standard InChI is InChI=1S/C10H18N2O3/c1-7(10(14)15-2)12-9(13)5-8-3-4-11-6-8/h7-8,11H,3-6H2,1-2H3,(H,12,13)/t7-,8?/m0/s1. The zero-order valence-electron chi connectivity index (χ0n) is 9.21. The Kier molecular flexibility index (Phi) is 4.55. The van der Waals surface area contributed by atoms with Gasteiger partial charge < -0.3 is 15.4 Å². The topological polar surface area (TPSA) is 67.4 Å². The number of hydrogen-bond acceptors (Lipinski definition) is 4. The molecule has 1 fully saturated rings. The van der Waals surface area contributed by atoms with E-state index in [2.05, 4.69) is 15.4 Å². The molecule has 0 aromatic heterocycles. The first-order valence-corrected chi connectivity index (χ1v) is 5.21. The van der Waals surface area contributed by atoms with Crippen LogP contribution in [0.25, 0.3) is 0 Å². The molecular formula is C10H18N2O3. The van der Waals surface area contributed by atoms with Gasteiger partial charge in [0.1, 0.15) is 6.04 Å². The van der Waals surface area contributed by atoms with Crippen molar-refractivity contribution in [3.8, 4) is 0 Å². The van der Waals surface area contributed by atoms with E-state index in [4.69, 9.17) is 0 Å². The van der Waals surface area contributed by atoms with Crippen molar-refractivity contribution in [3.63, 3.8) is 0 Å². The molecule has 86 valence electrons. The maximum absolute atomic E-state index is 11.5. The zero-order chi connectivity index (χ0) is 11.3. The second kappa shape index (κ2) is 5.70. The van der Waals surface area contributed by atoms with Crippen molar-refractivity contribution in [3.05, 3.63) is 0 Å². The Bertz CT molecular complexity index is 237. The molecule has 0 radical (unpaired) electrons. The van der Waals surface area contributed by atoms with Crippen LogP contribution < -0.4 is 10.6 Å². The monoisotopic (exact) mass is 214 g/mol. The first-order valence-electron chi connectivity index (χ1n) is 5.21. The maximum Gasteiger partial charge on any atom is 0.328 e. The number of esters is 1. The zero-order valence-corrected chi connectivity index (χ0v) is 9.21. The lowest BCUT2D eigenvalue weighted by Gasteiger charge is -2.13. The summed E-state index contributed by atoms with van der Waals surface area (Å²) < 4.78 is 4.52. The third-order valence-corrected chi connectivity index (χ3v) is 2.57. The van der Waals surface area contributed by atoms with Gasteiger partial charge >= 0.3 is 5.97 Å². The molecule has 15 heavy (non-hydrogen) atoms. The van der Waals surface area contributed by atoms with Gasteiger partial charge in [-0.05, 0) is 32.4 Å². The molecule has 1 rings (SSSR count). The Balaban J connectivity index is 2.25. The second-order valence-electron chi connectivity index (χ2n) is 3.88. The Hall–Kier alpha value is -1.10. The highest BCUT2D eigenvalue weighted by Crippen LogP contribution is 2.11. The highest BCUT2D eigenvalue weighted by molar-refractivity contribution is 5.84. The van der Waals surface area contributed by atoms with Crippen LogP contribution in [0.3, 0.4) is 0 Å². The molecule has 2 atom stereocenters. The lowest BCUT2D eigenvalue weighted by molar-refractivity contribution is -0.144. The van der Waals surface area contributed by atoms with Gasteiger partial charge in [0, 0.05) is 6.42 Å². The summed E-state index contributed by atoms with van der Waals surface area (Å²) in [5.41, 5.74) is 0. The normalized spacial score (nSPS) is 22.1. The van der Waals surface area contributed by atoms with Gasteiger partial charge in [-0.2, -0.15) is 0 Å². The molecule has 1 aliphatic heterocycles. The quantitative estimate of drug-likeness (QED) is 0.628. The largest absolute Gasteiger partial charge is 0.467 e. The van der Waals surface area contributed by atoms with Crippen molar-refractivity contribution in [2.24, 2.45) is 5.92 Å². The van der Waals surface area contributed by atoms with E-state index in [1.165, 1.54) is 7.11 Å². The molecule has 0 spiro atoms. The van der Waals surface area contributed by atoms with Crippen LogP contribution in [0.15, 0.2) is 0 Å². The number of hydrogen-bond donors (Lipinski definition) is 2. The summed E-state index contributed by atoms with van der Waals surface area (Å²) in [6.45, 7) is 3.49. The van der Waals surface area contributed by atoms with Crippen LogP contribution in [0.4, 0.5) is 0 Å². The van der Waals surface area contributed by atoms with E-state index in [9.17, 15) is 9.59 Å². The molecule has 0 bridgehead atoms. The van der Waals surface area contributed by atoms with Crippen molar-refractivity contribution in [2.75, 3.05) is 20.2 Å². The maximum atomic E-state index is 11.5. The second-order valence-corrected chi connectivity index (χ2v) is 3.88. The SMILES string of the molecule is COC(=O)[C@H](C)NC(=O)CC1CCNC1. The van der Waals surface area contributed by atoms with E-state index >= 15 is 0 Å². The molecule has 1 amide bonds. The van der Waals surface area contributed by atoms with Crippen LogP contribution in [0, 0.1) is 5.92 Å². The minimum absolute atomic E-state index is 0.0819. The third kappa shape index (κ3) is 3.87. The minimum atomic E-state index is -0.558. The number of carbonyl (C=O) groups excluding carboxylic acids is 2. The van der Waals surface area contributed by atoms with E-state index in [1.54, 1.807) is 6.92 Å². The lowest BCUT2D eigenvalue weighted by Crippen LogP contribution is -2.39. The summed E-state index contributed by atoms with van der Waals surface area (Å²) in [4.78, 5) is 22.5. The first kappa shape index (κ1) is 12.0. The molecule has 2 N–H and O–H groups in total. The fourth-order valence-corrected chi connectivity index (χ4v) is 1.69. The number of amides is 1. The van der Waals surface area contributed by atoms with Crippen molar-refractivity contribution >= 4 is 11.9 Å². The van der Waals surface area contributed by atoms with Gasteiger partial charge in [-0.25, -0.2) is 4.79 Å². The summed E-state index contributed by atoms with van der Waals surface area (Å²) >= 11 is 0. The van der Waals surface area contributed by atoms with Gasteiger partial charge in [0.05, 0.1) is 7.11 Å². The van der Waals surface area contributed by atoms with E-state index in [-0.39, 0.29) is 5.91 Å². The summed E-state index contributed by atoms with van der Waals surface area (Å²) in [5, 5.41) is 5.81. The molecule has 1 aliphatic rings. The minimum Gasteiger partial charge on any atom is -0.467 e. The molecule has 0 aromatic rings. The molecule has 5 nitrogen and oxygen atoms in total. The Labute approximate surface area is 89.6 Å². The van der Waals surface area contributed by atoms with Crippen molar-refractivity contribution in [1.82, 2.24) is 10.6 Å². The predicted octanol–water partition coefficient (Wildman–Crippen LogP) is -0.336. The number of ether oxygens (including phenoxy) is 1. The van der Waals surface area contributed by atoms with E-state index in [0.29, 0.717) is 12.3 Å². The van der Waals surface area contributed by atoms with Crippen LogP contribution in [0.5, 0.6) is 0 Å². The summed E-state index contributed by atoms with van der Waals surface area (Å²) in [6, 6.07) is -0.558. The van der Waals surface area contributed by atoms with Gasteiger partial charge in [0.25, 0.3) is 0 Å². The Morgan fingerprint density at radius 3 is 2.87 bits per heavy atom. The van der Waals surface area contributed by atoms with Gasteiger partial charge in [0.15, 0.2) is 0 Å². The fraction of sp³-hybridized carbons (Fsp3) is 0.800. The van der Waals surface area contributed by atoms with Crippen LogP contribution in [-0.2, 0) is 14.3 Å². The van der Waals surface area contributed by atoms with Gasteiger partial charge in [-0.1, -0.05) is 0 Å². The molecule has 1 saturated heterocycles. The molecule has 1 unspecified atom stereocenters. The van der Waals surface area contributed by atoms with Gasteiger partial charge in [-0.15, -0.1) is 0 Å². The number of nitrogens with one attached hydrogen (secondary N) is 2. The molecule has 1 heterocycles. The summed E-state index contributed by atoms with van der Waals surface area (Å²) in [7, 11) is 1.31. The van der Waals surface area contributed by atoms with Gasteiger partial charge in [0.2, 0.25) is 5.91 Å². The summed E-state index contributed by atoms with van der Waals surface area (Å²) in [5.74, 6) is -0.0932. The Morgan fingerprint density at radius 2 is 2.33 bits per heavy atom. The van der Waals surface area contributed by atoms with Crippen molar-refractivity contribution in [1.29, 1.82) is 0 Å². The number of methoxy groups -OCH3 is 1. The van der Waals surface area contributed by atoms with Crippen molar-refractivity contribution in [2.45, 2.75) is 25.8 Å². The number of rotatable bonds is 4. The molecule has 5 heteroatoms. The molecule has 0 saturated carbocycles. The van der Waals surface area contributed by atoms with E-state index in [1.807, 2.05) is 0 Å². The molecule has 0 aliphatic carbocycles. The third-order valence-electron chi connectivity index (χ3n) is 2.57. The smallest absolute Gasteiger partial charge is 0.328 e. The molecule has 0 aromatic carbocycles. The number of carbonyl (C=O) groups is 2. The van der Waals surface area contributed by atoms with E-state index < -0.39 is 12.0 Å². The highest BCUT2D eigenvalue weighted by Gasteiger charge is 2.21. The Morgan fingerprint density at radius 1 is 1.60 bits per heavy atom. The predicted molar refractivity (Wildman–Crippen MR) is 55.2 cm³/mol. The highest BCUT2D eigenvalue weighted by atomic mass is 16.5. The van der Waals surface area contributed by atoms with Gasteiger partial charge in [-0.3, -0.25) is 4.79 Å². The van der Waals surface area contributed by atoms with Crippen LogP contribution in [0.1, 0.15) is 19.8 Å². The average Bonchev–Trinajstić information content (AvgIpc) is 2.68. The lowest BCUT2D eigenvalue weighted by atomic mass is 10.0. The van der Waals surface area contributed by atoms with Crippen LogP contribution >= 0.6 is 0 Å². The van der Waals surface area contributed by atoms with Crippen molar-refractivity contribution < 1.29 is 14.3 Å². The van der Waals surface area contributed by atoms with Crippen LogP contribution in [0.2, 0.25) is 0 Å². The van der Waals surface area contributed by atoms with E-state index in [0.717, 1.165) is 19.5 Å².